The predicted octanol–water partition coefficient (Wildman–Crippen LogP) is 3.09. The fourth-order valence-electron chi connectivity index (χ4n) is 2.28. The molecule has 0 unspecified atom stereocenters. The number of rotatable bonds is 8. The zero-order valence-electron chi connectivity index (χ0n) is 16.3. The van der Waals surface area contributed by atoms with Crippen LogP contribution >= 0.6 is 0 Å². The average Bonchev–Trinajstić information content (AvgIpc) is 2.70. The van der Waals surface area contributed by atoms with Crippen molar-refractivity contribution in [2.75, 3.05) is 18.5 Å². The molecule has 0 aliphatic heterocycles. The molecule has 0 heterocycles. The lowest BCUT2D eigenvalue weighted by Gasteiger charge is -2.13. The Labute approximate surface area is 177 Å². The maximum atomic E-state index is 12.9. The highest BCUT2D eigenvalue weighted by Crippen LogP contribution is 2.34. The van der Waals surface area contributed by atoms with Crippen molar-refractivity contribution in [2.24, 2.45) is 0 Å². The lowest BCUT2D eigenvalue weighted by Crippen LogP contribution is -2.31. The van der Waals surface area contributed by atoms with E-state index in [-0.39, 0.29) is 0 Å². The molecule has 2 rings (SSSR count). The molecule has 11 heteroatoms. The van der Waals surface area contributed by atoms with E-state index in [9.17, 15) is 31.2 Å². The summed E-state index contributed by atoms with van der Waals surface area (Å²) in [6.45, 7) is 0.242. The van der Waals surface area contributed by atoms with Crippen LogP contribution < -0.4 is 10.0 Å². The molecule has 31 heavy (non-hydrogen) atoms. The van der Waals surface area contributed by atoms with E-state index in [0.717, 1.165) is 29.2 Å². The molecular formula is C20H19F3N2O5S. The summed E-state index contributed by atoms with van der Waals surface area (Å²) in [4.78, 5) is 23.4. The van der Waals surface area contributed by atoms with E-state index < -0.39 is 52.5 Å². The van der Waals surface area contributed by atoms with Gasteiger partial charge in [0.2, 0.25) is 10.0 Å². The molecule has 166 valence electrons. The summed E-state index contributed by atoms with van der Waals surface area (Å²) < 4.78 is 69.1. The third kappa shape index (κ3) is 8.22. The highest BCUT2D eigenvalue weighted by molar-refractivity contribution is 7.92. The summed E-state index contributed by atoms with van der Waals surface area (Å²) in [6, 6.07) is 11.3. The van der Waals surface area contributed by atoms with E-state index in [0.29, 0.717) is 5.56 Å². The smallest absolute Gasteiger partial charge is 0.418 e. The Kier molecular flexibility index (Phi) is 7.95. The Hall–Kier alpha value is -3.18. The Bertz CT molecular complexity index is 1060. The van der Waals surface area contributed by atoms with Gasteiger partial charge in [0.05, 0.1) is 11.3 Å². The number of nitrogens with one attached hydrogen (secondary N) is 2. The molecule has 2 N–H and O–H groups in total. The van der Waals surface area contributed by atoms with E-state index in [2.05, 4.69) is 4.74 Å². The number of ether oxygens (including phenoxy) is 1. The van der Waals surface area contributed by atoms with Gasteiger partial charge in [-0.2, -0.15) is 13.2 Å². The van der Waals surface area contributed by atoms with E-state index in [1.165, 1.54) is 12.1 Å². The fraction of sp³-hybridized carbons (Fsp3) is 0.200. The predicted molar refractivity (Wildman–Crippen MR) is 108 cm³/mol. The summed E-state index contributed by atoms with van der Waals surface area (Å²) in [5.74, 6) is -2.08. The van der Waals surface area contributed by atoms with Crippen molar-refractivity contribution in [1.29, 1.82) is 0 Å². The third-order valence-corrected chi connectivity index (χ3v) is 4.85. The quantitative estimate of drug-likeness (QED) is 0.595. The first-order valence-corrected chi connectivity index (χ1v) is 10.4. The van der Waals surface area contributed by atoms with Crippen LogP contribution in [0.1, 0.15) is 16.7 Å². The highest BCUT2D eigenvalue weighted by Gasteiger charge is 2.33. The fourth-order valence-corrected chi connectivity index (χ4v) is 3.03. The molecule has 0 spiro atoms. The van der Waals surface area contributed by atoms with Gasteiger partial charge in [-0.25, -0.2) is 13.1 Å². The Morgan fingerprint density at radius 2 is 1.71 bits per heavy atom. The molecule has 0 fully saturated rings. The molecule has 0 radical (unpaired) electrons. The second kappa shape index (κ2) is 10.2. The second-order valence-electron chi connectivity index (χ2n) is 6.33. The van der Waals surface area contributed by atoms with Crippen molar-refractivity contribution in [1.82, 2.24) is 4.72 Å². The van der Waals surface area contributed by atoms with Crippen LogP contribution in [0, 0.1) is 6.92 Å². The van der Waals surface area contributed by atoms with Gasteiger partial charge in [0.15, 0.2) is 6.61 Å². The van der Waals surface area contributed by atoms with Gasteiger partial charge in [-0.3, -0.25) is 9.59 Å². The van der Waals surface area contributed by atoms with E-state index in [1.54, 1.807) is 24.3 Å². The topological polar surface area (TPSA) is 102 Å². The van der Waals surface area contributed by atoms with Crippen molar-refractivity contribution in [3.8, 4) is 0 Å². The zero-order chi connectivity index (χ0) is 23.1. The number of para-hydroxylation sites is 1. The number of anilines is 1. The van der Waals surface area contributed by atoms with Crippen molar-refractivity contribution in [3.63, 3.8) is 0 Å². The molecule has 2 aromatic carbocycles. The molecule has 0 aromatic heterocycles. The standard InChI is InChI=1S/C20H19F3N2O5S/c1-14-6-8-15(9-7-14)10-11-31(28,29)24-12-19(27)30-13-18(26)25-17-5-3-2-4-16(17)20(21,22)23/h2-11,24H,12-13H2,1H3,(H,25,26)/b11-10+. The number of aryl methyl sites for hydroxylation is 1. The van der Waals surface area contributed by atoms with Crippen LogP contribution in [-0.2, 0) is 30.5 Å². The molecule has 7 nitrogen and oxygen atoms in total. The SMILES string of the molecule is Cc1ccc(/C=C/S(=O)(=O)NCC(=O)OCC(=O)Nc2ccccc2C(F)(F)F)cc1. The largest absolute Gasteiger partial charge is 0.455 e. The van der Waals surface area contributed by atoms with Gasteiger partial charge in [-0.05, 0) is 30.7 Å². The van der Waals surface area contributed by atoms with Crippen LogP contribution in [-0.4, -0.2) is 33.4 Å². The molecule has 0 saturated heterocycles. The molecule has 2 aromatic rings. The summed E-state index contributed by atoms with van der Waals surface area (Å²) >= 11 is 0. The van der Waals surface area contributed by atoms with Crippen LogP contribution in [0.2, 0.25) is 0 Å². The lowest BCUT2D eigenvalue weighted by atomic mass is 10.1. The lowest BCUT2D eigenvalue weighted by molar-refractivity contribution is -0.146. The number of esters is 1. The van der Waals surface area contributed by atoms with Crippen LogP contribution in [0.4, 0.5) is 18.9 Å². The van der Waals surface area contributed by atoms with Crippen molar-refractivity contribution in [2.45, 2.75) is 13.1 Å². The molecular weight excluding hydrogens is 437 g/mol. The van der Waals surface area contributed by atoms with E-state index >= 15 is 0 Å². The van der Waals surface area contributed by atoms with Crippen LogP contribution in [0.25, 0.3) is 6.08 Å². The molecule has 0 atom stereocenters. The summed E-state index contributed by atoms with van der Waals surface area (Å²) in [6.07, 6.45) is -3.34. The number of hydrogen-bond acceptors (Lipinski definition) is 5. The maximum absolute atomic E-state index is 12.9. The van der Waals surface area contributed by atoms with Gasteiger partial charge in [0, 0.05) is 5.41 Å². The van der Waals surface area contributed by atoms with E-state index in [4.69, 9.17) is 0 Å². The van der Waals surface area contributed by atoms with Crippen molar-refractivity contribution >= 4 is 33.7 Å². The minimum absolute atomic E-state index is 0.488. The minimum Gasteiger partial charge on any atom is -0.455 e. The van der Waals surface area contributed by atoms with Crippen LogP contribution in [0.3, 0.4) is 0 Å². The van der Waals surface area contributed by atoms with Crippen molar-refractivity contribution in [3.05, 3.63) is 70.6 Å². The highest BCUT2D eigenvalue weighted by atomic mass is 32.2. The Morgan fingerprint density at radius 3 is 2.35 bits per heavy atom. The van der Waals surface area contributed by atoms with E-state index in [1.807, 2.05) is 17.0 Å². The van der Waals surface area contributed by atoms with Gasteiger partial charge in [0.25, 0.3) is 5.91 Å². The number of amides is 1. The number of halogens is 3. The van der Waals surface area contributed by atoms with Gasteiger partial charge in [-0.1, -0.05) is 42.0 Å². The number of carbonyl (C=O) groups is 2. The van der Waals surface area contributed by atoms with Gasteiger partial charge in [-0.15, -0.1) is 0 Å². The molecule has 0 aliphatic carbocycles. The maximum Gasteiger partial charge on any atom is 0.418 e. The van der Waals surface area contributed by atoms with Crippen LogP contribution in [0.5, 0.6) is 0 Å². The summed E-state index contributed by atoms with van der Waals surface area (Å²) in [7, 11) is -3.95. The number of hydrogen-bond donors (Lipinski definition) is 2. The summed E-state index contributed by atoms with van der Waals surface area (Å²) in [5.41, 5.74) is 0.0990. The number of alkyl halides is 3. The van der Waals surface area contributed by atoms with Crippen molar-refractivity contribution < 1.29 is 35.9 Å². The molecule has 0 aliphatic rings. The Morgan fingerprint density at radius 1 is 1.06 bits per heavy atom. The van der Waals surface area contributed by atoms with Gasteiger partial charge < -0.3 is 10.1 Å². The number of benzene rings is 2. The normalized spacial score (nSPS) is 12.0. The third-order valence-electron chi connectivity index (χ3n) is 3.81. The number of sulfonamides is 1. The minimum atomic E-state index is -4.68. The second-order valence-corrected chi connectivity index (χ2v) is 7.98. The molecule has 1 amide bonds. The molecule has 0 bridgehead atoms. The molecule has 0 saturated carbocycles. The zero-order valence-corrected chi connectivity index (χ0v) is 17.1. The van der Waals surface area contributed by atoms with Gasteiger partial charge >= 0.3 is 12.1 Å². The first-order valence-electron chi connectivity index (χ1n) is 8.82. The van der Waals surface area contributed by atoms with Crippen LogP contribution in [0.15, 0.2) is 53.9 Å². The average molecular weight is 456 g/mol. The van der Waals surface area contributed by atoms with Gasteiger partial charge in [0.1, 0.15) is 6.54 Å². The number of carbonyl (C=O) groups excluding carboxylic acids is 2. The summed E-state index contributed by atoms with van der Waals surface area (Å²) in [5, 5.41) is 2.87. The Balaban J connectivity index is 1.82. The monoisotopic (exact) mass is 456 g/mol. The first kappa shape index (κ1) is 24.1. The first-order chi connectivity index (χ1) is 14.5.